The van der Waals surface area contributed by atoms with Gasteiger partial charge in [0.1, 0.15) is 0 Å². The summed E-state index contributed by atoms with van der Waals surface area (Å²) < 4.78 is 0. The molecule has 1 rings (SSSR count). The van der Waals surface area contributed by atoms with Crippen LogP contribution in [0.4, 0.5) is 4.79 Å². The normalized spacial score (nSPS) is 9.83. The van der Waals surface area contributed by atoms with E-state index >= 15 is 0 Å². The van der Waals surface area contributed by atoms with Crippen LogP contribution in [0.25, 0.3) is 0 Å². The molecular formula is C13H19N3OS. The SMILES string of the molecule is CC(C)NC(=O)N(C)Cc1csc(C#CCN)c1. The molecule has 1 heterocycles. The van der Waals surface area contributed by atoms with Crippen molar-refractivity contribution >= 4 is 17.4 Å². The number of nitrogens with one attached hydrogen (secondary N) is 1. The highest BCUT2D eigenvalue weighted by molar-refractivity contribution is 7.10. The molecule has 98 valence electrons. The Morgan fingerprint density at radius 1 is 1.61 bits per heavy atom. The van der Waals surface area contributed by atoms with E-state index in [9.17, 15) is 4.79 Å². The van der Waals surface area contributed by atoms with Crippen molar-refractivity contribution in [1.82, 2.24) is 10.2 Å². The number of carbonyl (C=O) groups excluding carboxylic acids is 1. The first kappa shape index (κ1) is 14.6. The molecule has 1 aromatic heterocycles. The molecule has 0 saturated carbocycles. The second-order valence-electron chi connectivity index (χ2n) is 4.29. The molecule has 0 bridgehead atoms. The minimum atomic E-state index is -0.0641. The average molecular weight is 265 g/mol. The zero-order valence-corrected chi connectivity index (χ0v) is 11.8. The lowest BCUT2D eigenvalue weighted by Gasteiger charge is -2.18. The first-order valence-electron chi connectivity index (χ1n) is 5.81. The fraction of sp³-hybridized carbons (Fsp3) is 0.462. The number of nitrogens with zero attached hydrogens (tertiary/aromatic N) is 1. The van der Waals surface area contributed by atoms with Crippen LogP contribution in [0, 0.1) is 11.8 Å². The minimum Gasteiger partial charge on any atom is -0.336 e. The molecule has 0 atom stereocenters. The molecule has 0 aliphatic carbocycles. The van der Waals surface area contributed by atoms with Gasteiger partial charge in [0.25, 0.3) is 0 Å². The fourth-order valence-corrected chi connectivity index (χ4v) is 2.14. The summed E-state index contributed by atoms with van der Waals surface area (Å²) in [6.07, 6.45) is 0. The van der Waals surface area contributed by atoms with E-state index in [4.69, 9.17) is 5.73 Å². The van der Waals surface area contributed by atoms with Crippen molar-refractivity contribution in [3.8, 4) is 11.8 Å². The van der Waals surface area contributed by atoms with Gasteiger partial charge in [-0.05, 0) is 30.9 Å². The van der Waals surface area contributed by atoms with Gasteiger partial charge < -0.3 is 16.0 Å². The van der Waals surface area contributed by atoms with Gasteiger partial charge in [-0.2, -0.15) is 0 Å². The Morgan fingerprint density at radius 2 is 2.33 bits per heavy atom. The van der Waals surface area contributed by atoms with Crippen LogP contribution in [0.1, 0.15) is 24.3 Å². The van der Waals surface area contributed by atoms with Crippen molar-refractivity contribution in [3.05, 3.63) is 21.9 Å². The van der Waals surface area contributed by atoms with Crippen LogP contribution >= 0.6 is 11.3 Å². The largest absolute Gasteiger partial charge is 0.336 e. The molecule has 0 aromatic carbocycles. The number of carbonyl (C=O) groups is 1. The number of urea groups is 1. The molecule has 3 N–H and O–H groups in total. The summed E-state index contributed by atoms with van der Waals surface area (Å²) >= 11 is 1.57. The molecule has 2 amide bonds. The lowest BCUT2D eigenvalue weighted by Crippen LogP contribution is -2.40. The smallest absolute Gasteiger partial charge is 0.317 e. The first-order chi connectivity index (χ1) is 8.52. The van der Waals surface area contributed by atoms with Crippen LogP contribution in [0.15, 0.2) is 11.4 Å². The average Bonchev–Trinajstić information content (AvgIpc) is 2.73. The molecular weight excluding hydrogens is 246 g/mol. The van der Waals surface area contributed by atoms with Gasteiger partial charge in [0.2, 0.25) is 0 Å². The van der Waals surface area contributed by atoms with E-state index in [1.807, 2.05) is 25.3 Å². The summed E-state index contributed by atoms with van der Waals surface area (Å²) in [7, 11) is 1.78. The summed E-state index contributed by atoms with van der Waals surface area (Å²) in [6.45, 7) is 4.83. The topological polar surface area (TPSA) is 58.4 Å². The Bertz CT molecular complexity index is 456. The Kier molecular flexibility index (Phi) is 5.69. The molecule has 0 fully saturated rings. The predicted molar refractivity (Wildman–Crippen MR) is 75.4 cm³/mol. The standard InChI is InChI=1S/C13H19N3OS/c1-10(2)15-13(17)16(3)8-11-7-12(18-9-11)5-4-6-14/h7,9-10H,6,8,14H2,1-3H3,(H,15,17). The maximum atomic E-state index is 11.7. The lowest BCUT2D eigenvalue weighted by molar-refractivity contribution is 0.204. The Hall–Kier alpha value is -1.51. The van der Waals surface area contributed by atoms with Crippen LogP contribution in [0.2, 0.25) is 0 Å². The third-order valence-corrected chi connectivity index (χ3v) is 3.04. The number of hydrogen-bond donors (Lipinski definition) is 2. The van der Waals surface area contributed by atoms with E-state index in [0.717, 1.165) is 10.4 Å². The summed E-state index contributed by atoms with van der Waals surface area (Å²) in [6, 6.07) is 2.08. The molecule has 4 nitrogen and oxygen atoms in total. The molecule has 0 saturated heterocycles. The van der Waals surface area contributed by atoms with Crippen molar-refractivity contribution in [2.24, 2.45) is 5.73 Å². The van der Waals surface area contributed by atoms with Crippen LogP contribution in [0.3, 0.4) is 0 Å². The van der Waals surface area contributed by atoms with Crippen molar-refractivity contribution in [2.45, 2.75) is 26.4 Å². The second kappa shape index (κ2) is 7.04. The van der Waals surface area contributed by atoms with Crippen LogP contribution < -0.4 is 11.1 Å². The maximum Gasteiger partial charge on any atom is 0.317 e. The summed E-state index contributed by atoms with van der Waals surface area (Å²) in [4.78, 5) is 14.3. The van der Waals surface area contributed by atoms with Crippen molar-refractivity contribution < 1.29 is 4.79 Å². The summed E-state index contributed by atoms with van der Waals surface area (Å²) in [5, 5.41) is 4.86. The van der Waals surface area contributed by atoms with E-state index in [2.05, 4.69) is 17.2 Å². The quantitative estimate of drug-likeness (QED) is 0.816. The maximum absolute atomic E-state index is 11.7. The van der Waals surface area contributed by atoms with Gasteiger partial charge in [-0.3, -0.25) is 0 Å². The molecule has 0 spiro atoms. The van der Waals surface area contributed by atoms with Gasteiger partial charge in [0.05, 0.1) is 11.4 Å². The van der Waals surface area contributed by atoms with E-state index in [1.165, 1.54) is 0 Å². The molecule has 1 aromatic rings. The molecule has 18 heavy (non-hydrogen) atoms. The highest BCUT2D eigenvalue weighted by atomic mass is 32.1. The fourth-order valence-electron chi connectivity index (χ4n) is 1.37. The molecule has 0 aliphatic heterocycles. The second-order valence-corrected chi connectivity index (χ2v) is 5.20. The zero-order valence-electron chi connectivity index (χ0n) is 11.0. The van der Waals surface area contributed by atoms with Gasteiger partial charge in [-0.25, -0.2) is 4.79 Å². The third kappa shape index (κ3) is 4.78. The van der Waals surface area contributed by atoms with Gasteiger partial charge in [0.15, 0.2) is 0 Å². The third-order valence-electron chi connectivity index (χ3n) is 2.15. The molecule has 5 heteroatoms. The number of hydrogen-bond acceptors (Lipinski definition) is 3. The Morgan fingerprint density at radius 3 is 2.94 bits per heavy atom. The van der Waals surface area contributed by atoms with Crippen molar-refractivity contribution in [2.75, 3.05) is 13.6 Å². The molecule has 0 aliphatic rings. The Labute approximate surface area is 112 Å². The molecule has 0 unspecified atom stereocenters. The van der Waals surface area contributed by atoms with Gasteiger partial charge >= 0.3 is 6.03 Å². The highest BCUT2D eigenvalue weighted by Gasteiger charge is 2.10. The van der Waals surface area contributed by atoms with E-state index in [0.29, 0.717) is 13.1 Å². The lowest BCUT2D eigenvalue weighted by atomic mass is 10.3. The van der Waals surface area contributed by atoms with Crippen LogP contribution in [-0.4, -0.2) is 30.6 Å². The summed E-state index contributed by atoms with van der Waals surface area (Å²) in [5.41, 5.74) is 6.41. The number of thiophene rings is 1. The van der Waals surface area contributed by atoms with E-state index in [-0.39, 0.29) is 12.1 Å². The Balaban J connectivity index is 2.56. The number of nitrogens with two attached hydrogens (primary N) is 1. The molecule has 0 radical (unpaired) electrons. The predicted octanol–water partition coefficient (Wildman–Crippen LogP) is 1.61. The van der Waals surface area contributed by atoms with Crippen molar-refractivity contribution in [1.29, 1.82) is 0 Å². The van der Waals surface area contributed by atoms with Gasteiger partial charge in [-0.15, -0.1) is 11.3 Å². The van der Waals surface area contributed by atoms with Gasteiger partial charge in [0, 0.05) is 19.6 Å². The van der Waals surface area contributed by atoms with E-state index < -0.39 is 0 Å². The van der Waals surface area contributed by atoms with Crippen LogP contribution in [-0.2, 0) is 6.54 Å². The first-order valence-corrected chi connectivity index (χ1v) is 6.69. The van der Waals surface area contributed by atoms with Gasteiger partial charge in [-0.1, -0.05) is 11.8 Å². The van der Waals surface area contributed by atoms with Crippen molar-refractivity contribution in [3.63, 3.8) is 0 Å². The van der Waals surface area contributed by atoms with Crippen LogP contribution in [0.5, 0.6) is 0 Å². The summed E-state index contributed by atoms with van der Waals surface area (Å²) in [5.74, 6) is 5.80. The number of amides is 2. The monoisotopic (exact) mass is 265 g/mol. The zero-order chi connectivity index (χ0) is 13.5. The number of rotatable bonds is 3. The highest BCUT2D eigenvalue weighted by Crippen LogP contribution is 2.15. The minimum absolute atomic E-state index is 0.0641. The van der Waals surface area contributed by atoms with E-state index in [1.54, 1.807) is 23.3 Å².